The molecule has 0 aliphatic carbocycles. The van der Waals surface area contributed by atoms with Gasteiger partial charge in [0.15, 0.2) is 6.61 Å². The van der Waals surface area contributed by atoms with Crippen LogP contribution in [0.15, 0.2) is 36.7 Å². The maximum Gasteiger partial charge on any atom is 0.260 e. The Morgan fingerprint density at radius 1 is 1.27 bits per heavy atom. The van der Waals surface area contributed by atoms with Crippen LogP contribution in [0.5, 0.6) is 5.75 Å². The molecule has 22 heavy (non-hydrogen) atoms. The molecule has 0 bridgehead atoms. The Balaban J connectivity index is 1.48. The lowest BCUT2D eigenvalue weighted by atomic mass is 10.1. The number of aromatic nitrogens is 3. The number of hydrogen-bond acceptors (Lipinski definition) is 4. The van der Waals surface area contributed by atoms with Gasteiger partial charge in [-0.05, 0) is 37.5 Å². The van der Waals surface area contributed by atoms with Crippen LogP contribution in [-0.2, 0) is 4.79 Å². The van der Waals surface area contributed by atoms with Gasteiger partial charge in [-0.3, -0.25) is 4.79 Å². The van der Waals surface area contributed by atoms with Gasteiger partial charge in [-0.2, -0.15) is 15.0 Å². The van der Waals surface area contributed by atoms with Crippen LogP contribution in [0.1, 0.15) is 24.4 Å². The molecule has 2 heterocycles. The third kappa shape index (κ3) is 3.44. The Hall–Kier alpha value is -2.37. The van der Waals surface area contributed by atoms with Crippen molar-refractivity contribution in [1.82, 2.24) is 19.9 Å². The van der Waals surface area contributed by atoms with E-state index in [-0.39, 0.29) is 18.6 Å². The van der Waals surface area contributed by atoms with Gasteiger partial charge in [-0.1, -0.05) is 12.1 Å². The SMILES string of the molecule is Cc1cccc(OCC(=O)N2CCC(n3nccn3)CC2)c1. The van der Waals surface area contributed by atoms with E-state index in [1.54, 1.807) is 17.2 Å². The number of amides is 1. The van der Waals surface area contributed by atoms with Gasteiger partial charge < -0.3 is 9.64 Å². The number of hydrogen-bond donors (Lipinski definition) is 0. The van der Waals surface area contributed by atoms with E-state index in [0.29, 0.717) is 0 Å². The average molecular weight is 300 g/mol. The average Bonchev–Trinajstić information content (AvgIpc) is 3.07. The van der Waals surface area contributed by atoms with E-state index >= 15 is 0 Å². The van der Waals surface area contributed by atoms with Gasteiger partial charge in [0.2, 0.25) is 0 Å². The number of carbonyl (C=O) groups is 1. The van der Waals surface area contributed by atoms with Gasteiger partial charge in [0.1, 0.15) is 5.75 Å². The van der Waals surface area contributed by atoms with Crippen LogP contribution in [0.25, 0.3) is 0 Å². The van der Waals surface area contributed by atoms with Crippen molar-refractivity contribution in [3.05, 3.63) is 42.2 Å². The number of likely N-dealkylation sites (tertiary alicyclic amines) is 1. The van der Waals surface area contributed by atoms with Crippen LogP contribution in [0.2, 0.25) is 0 Å². The van der Waals surface area contributed by atoms with Crippen LogP contribution < -0.4 is 4.74 Å². The topological polar surface area (TPSA) is 60.2 Å². The van der Waals surface area contributed by atoms with Crippen molar-refractivity contribution in [2.24, 2.45) is 0 Å². The molecular weight excluding hydrogens is 280 g/mol. The first kappa shape index (κ1) is 14.6. The van der Waals surface area contributed by atoms with Crippen molar-refractivity contribution < 1.29 is 9.53 Å². The van der Waals surface area contributed by atoms with E-state index in [4.69, 9.17) is 4.74 Å². The fourth-order valence-corrected chi connectivity index (χ4v) is 2.70. The van der Waals surface area contributed by atoms with E-state index in [9.17, 15) is 4.79 Å². The van der Waals surface area contributed by atoms with E-state index in [0.717, 1.165) is 37.2 Å². The summed E-state index contributed by atoms with van der Waals surface area (Å²) in [5.41, 5.74) is 1.12. The number of nitrogens with zero attached hydrogens (tertiary/aromatic N) is 4. The summed E-state index contributed by atoms with van der Waals surface area (Å²) < 4.78 is 5.58. The van der Waals surface area contributed by atoms with Crippen molar-refractivity contribution >= 4 is 5.91 Å². The van der Waals surface area contributed by atoms with Crippen LogP contribution >= 0.6 is 0 Å². The summed E-state index contributed by atoms with van der Waals surface area (Å²) in [4.78, 5) is 15.8. The van der Waals surface area contributed by atoms with Crippen LogP contribution in [0.3, 0.4) is 0 Å². The molecule has 0 N–H and O–H groups in total. The lowest BCUT2D eigenvalue weighted by molar-refractivity contribution is -0.134. The van der Waals surface area contributed by atoms with Crippen LogP contribution in [-0.4, -0.2) is 45.5 Å². The number of piperidine rings is 1. The molecule has 6 heteroatoms. The predicted octanol–water partition coefficient (Wildman–Crippen LogP) is 1.83. The number of aryl methyl sites for hydroxylation is 1. The summed E-state index contributed by atoms with van der Waals surface area (Å²) in [6, 6.07) is 8.02. The zero-order chi connectivity index (χ0) is 15.4. The second-order valence-electron chi connectivity index (χ2n) is 5.57. The maximum atomic E-state index is 12.2. The van der Waals surface area contributed by atoms with Gasteiger partial charge in [0.25, 0.3) is 5.91 Å². The highest BCUT2D eigenvalue weighted by molar-refractivity contribution is 5.77. The second kappa shape index (κ2) is 6.60. The molecule has 1 aliphatic rings. The summed E-state index contributed by atoms with van der Waals surface area (Å²) >= 11 is 0. The summed E-state index contributed by atoms with van der Waals surface area (Å²) in [6.45, 7) is 3.54. The minimum atomic E-state index is 0.0355. The molecule has 1 fully saturated rings. The van der Waals surface area contributed by atoms with E-state index in [2.05, 4.69) is 10.2 Å². The monoisotopic (exact) mass is 300 g/mol. The molecule has 1 amide bonds. The number of rotatable bonds is 4. The molecule has 3 rings (SSSR count). The molecule has 1 aliphatic heterocycles. The quantitative estimate of drug-likeness (QED) is 0.864. The highest BCUT2D eigenvalue weighted by Crippen LogP contribution is 2.20. The smallest absolute Gasteiger partial charge is 0.260 e. The Kier molecular flexibility index (Phi) is 4.37. The van der Waals surface area contributed by atoms with Crippen molar-refractivity contribution in [3.63, 3.8) is 0 Å². The minimum absolute atomic E-state index is 0.0355. The lowest BCUT2D eigenvalue weighted by Crippen LogP contribution is -2.41. The standard InChI is InChI=1S/C16H20N4O2/c1-13-3-2-4-15(11-13)22-12-16(21)19-9-5-14(6-10-19)20-17-7-8-18-20/h2-4,7-8,11,14H,5-6,9-10,12H2,1H3. The zero-order valence-electron chi connectivity index (χ0n) is 12.7. The summed E-state index contributed by atoms with van der Waals surface area (Å²) in [7, 11) is 0. The van der Waals surface area contributed by atoms with Crippen molar-refractivity contribution in [3.8, 4) is 5.75 Å². The van der Waals surface area contributed by atoms with Crippen LogP contribution in [0, 0.1) is 6.92 Å². The third-order valence-corrected chi connectivity index (χ3v) is 3.93. The van der Waals surface area contributed by atoms with Gasteiger partial charge in [-0.25, -0.2) is 0 Å². The van der Waals surface area contributed by atoms with Crippen molar-refractivity contribution in [2.45, 2.75) is 25.8 Å². The predicted molar refractivity (Wildman–Crippen MR) is 81.5 cm³/mol. The van der Waals surface area contributed by atoms with Crippen molar-refractivity contribution in [1.29, 1.82) is 0 Å². The number of benzene rings is 1. The molecule has 0 radical (unpaired) electrons. The van der Waals surface area contributed by atoms with Crippen molar-refractivity contribution in [2.75, 3.05) is 19.7 Å². The van der Waals surface area contributed by atoms with Crippen LogP contribution in [0.4, 0.5) is 0 Å². The van der Waals surface area contributed by atoms with E-state index < -0.39 is 0 Å². The first-order valence-corrected chi connectivity index (χ1v) is 7.55. The molecule has 1 aromatic carbocycles. The Bertz CT molecular complexity index is 619. The fraction of sp³-hybridized carbons (Fsp3) is 0.438. The Labute approximate surface area is 129 Å². The van der Waals surface area contributed by atoms with E-state index in [1.165, 1.54) is 0 Å². The van der Waals surface area contributed by atoms with Gasteiger partial charge in [-0.15, -0.1) is 0 Å². The van der Waals surface area contributed by atoms with Gasteiger partial charge in [0.05, 0.1) is 18.4 Å². The minimum Gasteiger partial charge on any atom is -0.484 e. The molecule has 0 atom stereocenters. The Morgan fingerprint density at radius 2 is 2.00 bits per heavy atom. The second-order valence-corrected chi connectivity index (χ2v) is 5.57. The number of ether oxygens (including phenoxy) is 1. The first-order chi connectivity index (χ1) is 10.7. The molecule has 1 aromatic heterocycles. The van der Waals surface area contributed by atoms with Gasteiger partial charge in [0, 0.05) is 13.1 Å². The van der Waals surface area contributed by atoms with E-state index in [1.807, 2.05) is 36.1 Å². The lowest BCUT2D eigenvalue weighted by Gasteiger charge is -2.31. The fourth-order valence-electron chi connectivity index (χ4n) is 2.70. The third-order valence-electron chi connectivity index (χ3n) is 3.93. The van der Waals surface area contributed by atoms with Gasteiger partial charge >= 0.3 is 0 Å². The summed E-state index contributed by atoms with van der Waals surface area (Å²) in [6.07, 6.45) is 5.14. The highest BCUT2D eigenvalue weighted by Gasteiger charge is 2.24. The Morgan fingerprint density at radius 3 is 2.68 bits per heavy atom. The summed E-state index contributed by atoms with van der Waals surface area (Å²) in [5.74, 6) is 0.775. The summed E-state index contributed by atoms with van der Waals surface area (Å²) in [5, 5.41) is 8.34. The molecule has 6 nitrogen and oxygen atoms in total. The molecule has 0 unspecified atom stereocenters. The molecule has 0 spiro atoms. The molecular formula is C16H20N4O2. The molecule has 0 saturated carbocycles. The molecule has 1 saturated heterocycles. The number of carbonyl (C=O) groups excluding carboxylic acids is 1. The largest absolute Gasteiger partial charge is 0.484 e. The highest BCUT2D eigenvalue weighted by atomic mass is 16.5. The normalized spacial score (nSPS) is 15.8. The zero-order valence-corrected chi connectivity index (χ0v) is 12.7. The molecule has 116 valence electrons. The maximum absolute atomic E-state index is 12.2. The molecule has 2 aromatic rings. The first-order valence-electron chi connectivity index (χ1n) is 7.55.